The summed E-state index contributed by atoms with van der Waals surface area (Å²) in [6, 6.07) is 0. The molecule has 0 heterocycles. The predicted molar refractivity (Wildman–Crippen MR) is 55.1 cm³/mol. The summed E-state index contributed by atoms with van der Waals surface area (Å²) >= 11 is 0. The van der Waals surface area contributed by atoms with Crippen LogP contribution in [0.1, 0.15) is 12.8 Å². The highest BCUT2D eigenvalue weighted by Crippen LogP contribution is 1.97. The van der Waals surface area contributed by atoms with E-state index in [4.69, 9.17) is 0 Å². The largest absolute Gasteiger partial charge is 0.343 e. The number of hydrogen-bond acceptors (Lipinski definition) is 2. The zero-order chi connectivity index (χ0) is 10.3. The molecule has 0 saturated carbocycles. The molecule has 3 heteroatoms. The molecule has 76 valence electrons. The highest BCUT2D eigenvalue weighted by Gasteiger charge is 2.08. The van der Waals surface area contributed by atoms with Gasteiger partial charge in [0.2, 0.25) is 5.91 Å². The van der Waals surface area contributed by atoms with Crippen LogP contribution in [-0.4, -0.2) is 49.4 Å². The minimum atomic E-state index is 0.159. The molecular formula is C10H20N2O. The van der Waals surface area contributed by atoms with Gasteiger partial charge in [-0.3, -0.25) is 4.79 Å². The number of hydrogen-bond donors (Lipinski definition) is 0. The monoisotopic (exact) mass is 184 g/mol. The van der Waals surface area contributed by atoms with Gasteiger partial charge in [0.05, 0.1) is 0 Å². The van der Waals surface area contributed by atoms with E-state index in [1.807, 2.05) is 14.1 Å². The van der Waals surface area contributed by atoms with Crippen molar-refractivity contribution < 1.29 is 4.79 Å². The van der Waals surface area contributed by atoms with Gasteiger partial charge in [-0.15, -0.1) is 0 Å². The number of nitrogens with zero attached hydrogens (tertiary/aromatic N) is 2. The molecule has 0 aliphatic carbocycles. The van der Waals surface area contributed by atoms with E-state index in [0.29, 0.717) is 19.5 Å². The fourth-order valence-corrected chi connectivity index (χ4v) is 1.07. The molecule has 0 N–H and O–H groups in total. The van der Waals surface area contributed by atoms with Crippen LogP contribution in [0.5, 0.6) is 0 Å². The zero-order valence-electron chi connectivity index (χ0n) is 8.75. The van der Waals surface area contributed by atoms with Crippen LogP contribution in [0.2, 0.25) is 0 Å². The van der Waals surface area contributed by atoms with Gasteiger partial charge >= 0.3 is 0 Å². The van der Waals surface area contributed by atoms with E-state index in [9.17, 15) is 4.79 Å². The Morgan fingerprint density at radius 1 is 1.23 bits per heavy atom. The van der Waals surface area contributed by atoms with Crippen LogP contribution < -0.4 is 0 Å². The topological polar surface area (TPSA) is 23.6 Å². The number of amides is 1. The van der Waals surface area contributed by atoms with E-state index in [0.717, 1.165) is 13.0 Å². The lowest BCUT2D eigenvalue weighted by atomic mass is 10.2. The number of carbonyl (C=O) groups is 1. The fourth-order valence-electron chi connectivity index (χ4n) is 1.07. The summed E-state index contributed by atoms with van der Waals surface area (Å²) in [5.41, 5.74) is 0. The van der Waals surface area contributed by atoms with E-state index in [1.54, 1.807) is 4.90 Å². The Kier molecular flexibility index (Phi) is 6.59. The normalized spacial score (nSPS) is 10.5. The Bertz CT molecular complexity index is 142. The summed E-state index contributed by atoms with van der Waals surface area (Å²) in [7, 11) is 4.01. The van der Waals surface area contributed by atoms with Crippen LogP contribution in [0.4, 0.5) is 0 Å². The molecule has 3 nitrogen and oxygen atoms in total. The van der Waals surface area contributed by atoms with Crippen LogP contribution in [0.25, 0.3) is 0 Å². The van der Waals surface area contributed by atoms with Crippen molar-refractivity contribution in [2.24, 2.45) is 0 Å². The summed E-state index contributed by atoms with van der Waals surface area (Å²) < 4.78 is 0. The average molecular weight is 184 g/mol. The Morgan fingerprint density at radius 3 is 2.15 bits per heavy atom. The Hall–Kier alpha value is -0.570. The number of carbonyl (C=O) groups excluding carboxylic acids is 1. The Labute approximate surface area is 81.7 Å². The van der Waals surface area contributed by atoms with E-state index >= 15 is 0 Å². The molecule has 2 radical (unpaired) electrons. The van der Waals surface area contributed by atoms with E-state index in [2.05, 4.69) is 18.7 Å². The second kappa shape index (κ2) is 6.89. The van der Waals surface area contributed by atoms with E-state index < -0.39 is 0 Å². The third-order valence-corrected chi connectivity index (χ3v) is 1.89. The Morgan fingerprint density at radius 2 is 1.77 bits per heavy atom. The summed E-state index contributed by atoms with van der Waals surface area (Å²) in [5.74, 6) is 0.159. The quantitative estimate of drug-likeness (QED) is 0.610. The second-order valence-electron chi connectivity index (χ2n) is 3.29. The van der Waals surface area contributed by atoms with Crippen molar-refractivity contribution in [3.05, 3.63) is 13.8 Å². The van der Waals surface area contributed by atoms with Gasteiger partial charge in [0.25, 0.3) is 0 Å². The van der Waals surface area contributed by atoms with Crippen LogP contribution in [0.15, 0.2) is 0 Å². The minimum Gasteiger partial charge on any atom is -0.343 e. The highest BCUT2D eigenvalue weighted by molar-refractivity contribution is 5.76. The predicted octanol–water partition coefficient (Wildman–Crippen LogP) is 0.825. The van der Waals surface area contributed by atoms with Crippen molar-refractivity contribution in [3.63, 3.8) is 0 Å². The van der Waals surface area contributed by atoms with Crippen LogP contribution in [0.3, 0.4) is 0 Å². The van der Waals surface area contributed by atoms with Crippen molar-refractivity contribution in [1.29, 1.82) is 0 Å². The molecule has 0 aromatic heterocycles. The maximum Gasteiger partial charge on any atom is 0.222 e. The SMILES string of the molecule is [CH2]CN(C[CH2])C(=O)CCCN(C)C. The summed E-state index contributed by atoms with van der Waals surface area (Å²) in [6.07, 6.45) is 1.51. The molecule has 1 amide bonds. The standard InChI is InChI=1S/C10H20N2O/c1-5-12(6-2)10(13)8-7-9-11(3)4/h1-2,5-9H2,3-4H3. The fraction of sp³-hybridized carbons (Fsp3) is 0.700. The van der Waals surface area contributed by atoms with Crippen molar-refractivity contribution >= 4 is 5.91 Å². The molecule has 0 bridgehead atoms. The van der Waals surface area contributed by atoms with Crippen molar-refractivity contribution in [2.45, 2.75) is 12.8 Å². The highest BCUT2D eigenvalue weighted by atomic mass is 16.2. The van der Waals surface area contributed by atoms with Crippen molar-refractivity contribution in [1.82, 2.24) is 9.80 Å². The van der Waals surface area contributed by atoms with Gasteiger partial charge in [-0.25, -0.2) is 0 Å². The molecule has 0 aliphatic heterocycles. The molecule has 0 aromatic rings. The molecule has 0 aromatic carbocycles. The maximum atomic E-state index is 11.4. The first-order chi connectivity index (χ1) is 6.11. The molecular weight excluding hydrogens is 164 g/mol. The van der Waals surface area contributed by atoms with Gasteiger partial charge in [0.1, 0.15) is 0 Å². The molecule has 0 saturated heterocycles. The molecule has 0 rings (SSSR count). The third-order valence-electron chi connectivity index (χ3n) is 1.89. The van der Waals surface area contributed by atoms with Crippen molar-refractivity contribution in [3.8, 4) is 0 Å². The summed E-state index contributed by atoms with van der Waals surface area (Å²) in [6.45, 7) is 9.34. The lowest BCUT2D eigenvalue weighted by Gasteiger charge is -2.18. The van der Waals surface area contributed by atoms with Crippen LogP contribution in [-0.2, 0) is 4.79 Å². The lowest BCUT2D eigenvalue weighted by Crippen LogP contribution is -2.31. The third kappa shape index (κ3) is 5.64. The first kappa shape index (κ1) is 12.4. The lowest BCUT2D eigenvalue weighted by molar-refractivity contribution is -0.130. The van der Waals surface area contributed by atoms with Crippen molar-refractivity contribution in [2.75, 3.05) is 33.7 Å². The first-order valence-corrected chi connectivity index (χ1v) is 4.62. The minimum absolute atomic E-state index is 0.159. The maximum absolute atomic E-state index is 11.4. The smallest absolute Gasteiger partial charge is 0.222 e. The number of rotatable bonds is 6. The van der Waals surface area contributed by atoms with Gasteiger partial charge in [-0.05, 0) is 40.9 Å². The van der Waals surface area contributed by atoms with Crippen LogP contribution in [0, 0.1) is 13.8 Å². The van der Waals surface area contributed by atoms with Gasteiger partial charge in [0, 0.05) is 19.5 Å². The Balaban J connectivity index is 3.60. The van der Waals surface area contributed by atoms with Crippen LogP contribution >= 0.6 is 0 Å². The van der Waals surface area contributed by atoms with Gasteiger partial charge in [-0.1, -0.05) is 0 Å². The van der Waals surface area contributed by atoms with Gasteiger partial charge in [0.15, 0.2) is 0 Å². The van der Waals surface area contributed by atoms with Gasteiger partial charge < -0.3 is 9.80 Å². The summed E-state index contributed by atoms with van der Waals surface area (Å²) in [5, 5.41) is 0. The molecule has 0 atom stereocenters. The molecule has 0 aliphatic rings. The summed E-state index contributed by atoms with van der Waals surface area (Å²) in [4.78, 5) is 15.2. The van der Waals surface area contributed by atoms with Gasteiger partial charge in [-0.2, -0.15) is 0 Å². The van der Waals surface area contributed by atoms with E-state index in [-0.39, 0.29) is 5.91 Å². The average Bonchev–Trinajstić information content (AvgIpc) is 2.05. The molecule has 0 unspecified atom stereocenters. The second-order valence-corrected chi connectivity index (χ2v) is 3.29. The zero-order valence-corrected chi connectivity index (χ0v) is 8.75. The first-order valence-electron chi connectivity index (χ1n) is 4.62. The molecule has 0 fully saturated rings. The molecule has 0 spiro atoms. The van der Waals surface area contributed by atoms with E-state index in [1.165, 1.54) is 0 Å². The molecule has 13 heavy (non-hydrogen) atoms.